The summed E-state index contributed by atoms with van der Waals surface area (Å²) >= 11 is 1.44. The summed E-state index contributed by atoms with van der Waals surface area (Å²) < 4.78 is 0. The minimum Gasteiger partial charge on any atom is -0.330 e. The lowest BCUT2D eigenvalue weighted by Crippen LogP contribution is -2.28. The molecule has 7 heteroatoms. The molecule has 0 atom stereocenters. The van der Waals surface area contributed by atoms with Crippen LogP contribution in [0.5, 0.6) is 0 Å². The highest BCUT2D eigenvalue weighted by Gasteiger charge is 2.29. The highest BCUT2D eigenvalue weighted by atomic mass is 32.1. The first-order valence-electron chi connectivity index (χ1n) is 6.59. The quantitative estimate of drug-likeness (QED) is 0.877. The molecule has 0 spiro atoms. The Morgan fingerprint density at radius 1 is 1.33 bits per heavy atom. The molecule has 0 aliphatic carbocycles. The highest BCUT2D eigenvalue weighted by molar-refractivity contribution is 7.13. The lowest BCUT2D eigenvalue weighted by molar-refractivity contribution is -0.139. The van der Waals surface area contributed by atoms with Gasteiger partial charge in [-0.1, -0.05) is 0 Å². The fraction of sp³-hybridized carbons (Fsp3) is 0.286. The number of hydrogen-bond acceptors (Lipinski definition) is 6. The van der Waals surface area contributed by atoms with E-state index in [1.54, 1.807) is 12.4 Å². The van der Waals surface area contributed by atoms with Gasteiger partial charge < -0.3 is 5.32 Å². The Balaban J connectivity index is 1.71. The van der Waals surface area contributed by atoms with Crippen LogP contribution in [0, 0.1) is 6.92 Å². The van der Waals surface area contributed by atoms with E-state index in [0.29, 0.717) is 18.5 Å². The van der Waals surface area contributed by atoms with Gasteiger partial charge in [0.25, 0.3) is 0 Å². The zero-order valence-corrected chi connectivity index (χ0v) is 12.3. The molecule has 0 radical (unpaired) electrons. The summed E-state index contributed by atoms with van der Waals surface area (Å²) in [5, 5.41) is 5.77. The van der Waals surface area contributed by atoms with Crippen molar-refractivity contribution in [2.24, 2.45) is 0 Å². The third-order valence-corrected chi connectivity index (χ3v) is 4.11. The number of imide groups is 1. The number of likely N-dealkylation sites (tertiary alicyclic amines) is 1. The van der Waals surface area contributed by atoms with Crippen LogP contribution in [0.3, 0.4) is 0 Å². The van der Waals surface area contributed by atoms with Gasteiger partial charge in [0.05, 0.1) is 24.1 Å². The number of pyridine rings is 1. The number of thiazole rings is 1. The van der Waals surface area contributed by atoms with Crippen LogP contribution in [0.1, 0.15) is 24.1 Å². The van der Waals surface area contributed by atoms with E-state index in [1.165, 1.54) is 16.2 Å². The predicted octanol–water partition coefficient (Wildman–Crippen LogP) is 2.24. The lowest BCUT2D eigenvalue weighted by Gasteiger charge is -2.11. The van der Waals surface area contributed by atoms with Crippen LogP contribution in [0.25, 0.3) is 0 Å². The number of nitrogens with zero attached hydrogens (tertiary/aromatic N) is 3. The standard InChI is InChI=1S/C14H14N4O2S/c1-9-4-5-15-6-11(9)17-14-16-10(8-21-14)7-18-12(19)2-3-13(18)20/h4-6,8H,2-3,7H2,1H3,(H,16,17). The maximum atomic E-state index is 11.6. The van der Waals surface area contributed by atoms with E-state index in [1.807, 2.05) is 18.4 Å². The van der Waals surface area contributed by atoms with Crippen molar-refractivity contribution in [2.75, 3.05) is 5.32 Å². The molecule has 3 rings (SSSR count). The smallest absolute Gasteiger partial charge is 0.230 e. The fourth-order valence-electron chi connectivity index (χ4n) is 2.11. The van der Waals surface area contributed by atoms with Gasteiger partial charge in [-0.3, -0.25) is 19.5 Å². The number of aryl methyl sites for hydroxylation is 1. The summed E-state index contributed by atoms with van der Waals surface area (Å²) in [7, 11) is 0. The Kier molecular flexibility index (Phi) is 3.66. The predicted molar refractivity (Wildman–Crippen MR) is 79.2 cm³/mol. The van der Waals surface area contributed by atoms with Crippen molar-refractivity contribution in [3.05, 3.63) is 35.1 Å². The van der Waals surface area contributed by atoms with Crippen molar-refractivity contribution >= 4 is 34.0 Å². The van der Waals surface area contributed by atoms with Crippen LogP contribution < -0.4 is 5.32 Å². The highest BCUT2D eigenvalue weighted by Crippen LogP contribution is 2.24. The van der Waals surface area contributed by atoms with Crippen LogP contribution in [0.2, 0.25) is 0 Å². The maximum Gasteiger partial charge on any atom is 0.230 e. The second kappa shape index (κ2) is 5.61. The zero-order chi connectivity index (χ0) is 14.8. The van der Waals surface area contributed by atoms with Crippen LogP contribution in [-0.2, 0) is 16.1 Å². The molecule has 1 fully saturated rings. The average molecular weight is 302 g/mol. The summed E-state index contributed by atoms with van der Waals surface area (Å²) in [5.41, 5.74) is 2.69. The molecule has 2 amide bonds. The molecule has 21 heavy (non-hydrogen) atoms. The number of amides is 2. The van der Waals surface area contributed by atoms with E-state index in [4.69, 9.17) is 0 Å². The molecule has 6 nitrogen and oxygen atoms in total. The fourth-order valence-corrected chi connectivity index (χ4v) is 2.82. The number of carbonyl (C=O) groups is 2. The monoisotopic (exact) mass is 302 g/mol. The number of anilines is 2. The van der Waals surface area contributed by atoms with Gasteiger partial charge in [-0.25, -0.2) is 4.98 Å². The molecule has 0 unspecified atom stereocenters. The van der Waals surface area contributed by atoms with Gasteiger partial charge in [-0.15, -0.1) is 11.3 Å². The molecule has 1 aliphatic heterocycles. The number of hydrogen-bond donors (Lipinski definition) is 1. The first-order valence-corrected chi connectivity index (χ1v) is 7.46. The third kappa shape index (κ3) is 2.92. The summed E-state index contributed by atoms with van der Waals surface area (Å²) in [4.78, 5) is 32.9. The molecule has 1 aliphatic rings. The van der Waals surface area contributed by atoms with Crippen molar-refractivity contribution < 1.29 is 9.59 Å². The van der Waals surface area contributed by atoms with E-state index in [9.17, 15) is 9.59 Å². The van der Waals surface area contributed by atoms with Crippen LogP contribution in [0.4, 0.5) is 10.8 Å². The van der Waals surface area contributed by atoms with E-state index >= 15 is 0 Å². The topological polar surface area (TPSA) is 75.2 Å². The third-order valence-electron chi connectivity index (χ3n) is 3.31. The van der Waals surface area contributed by atoms with Crippen molar-refractivity contribution in [1.82, 2.24) is 14.9 Å². The van der Waals surface area contributed by atoms with Crippen LogP contribution in [0.15, 0.2) is 23.8 Å². The van der Waals surface area contributed by atoms with E-state index < -0.39 is 0 Å². The second-order valence-electron chi connectivity index (χ2n) is 4.83. The first-order chi connectivity index (χ1) is 10.1. The summed E-state index contributed by atoms with van der Waals surface area (Å²) in [6.45, 7) is 2.24. The summed E-state index contributed by atoms with van der Waals surface area (Å²) in [6.07, 6.45) is 4.09. The van der Waals surface area contributed by atoms with Crippen molar-refractivity contribution in [3.8, 4) is 0 Å². The molecule has 2 aromatic heterocycles. The Labute approximate surface area is 125 Å². The van der Waals surface area contributed by atoms with Gasteiger partial charge in [0.1, 0.15) is 0 Å². The molecule has 1 N–H and O–H groups in total. The minimum absolute atomic E-state index is 0.120. The number of carbonyl (C=O) groups excluding carboxylic acids is 2. The minimum atomic E-state index is -0.120. The van der Waals surface area contributed by atoms with Gasteiger partial charge in [0, 0.05) is 24.4 Å². The van der Waals surface area contributed by atoms with Gasteiger partial charge in [-0.2, -0.15) is 0 Å². The SMILES string of the molecule is Cc1ccncc1Nc1nc(CN2C(=O)CCC2=O)cs1. The summed E-state index contributed by atoms with van der Waals surface area (Å²) in [5.74, 6) is -0.240. The molecule has 3 heterocycles. The molecule has 1 saturated heterocycles. The number of nitrogens with one attached hydrogen (secondary N) is 1. The molecule has 0 saturated carbocycles. The second-order valence-corrected chi connectivity index (χ2v) is 5.69. The Morgan fingerprint density at radius 3 is 2.81 bits per heavy atom. The van der Waals surface area contributed by atoms with Crippen molar-refractivity contribution in [2.45, 2.75) is 26.3 Å². The normalized spacial score (nSPS) is 14.8. The maximum absolute atomic E-state index is 11.6. The van der Waals surface area contributed by atoms with Crippen LogP contribution in [-0.4, -0.2) is 26.7 Å². The van der Waals surface area contributed by atoms with Gasteiger partial charge in [0.15, 0.2) is 5.13 Å². The zero-order valence-electron chi connectivity index (χ0n) is 11.5. The number of rotatable bonds is 4. The molecule has 108 valence electrons. The first kappa shape index (κ1) is 13.7. The summed E-state index contributed by atoms with van der Waals surface area (Å²) in [6, 6.07) is 1.92. The molecule has 2 aromatic rings. The van der Waals surface area contributed by atoms with E-state index in [2.05, 4.69) is 15.3 Å². The van der Waals surface area contributed by atoms with Gasteiger partial charge in [0.2, 0.25) is 11.8 Å². The molecular weight excluding hydrogens is 288 g/mol. The van der Waals surface area contributed by atoms with Crippen LogP contribution >= 0.6 is 11.3 Å². The van der Waals surface area contributed by atoms with Crippen molar-refractivity contribution in [1.29, 1.82) is 0 Å². The largest absolute Gasteiger partial charge is 0.330 e. The Morgan fingerprint density at radius 2 is 2.10 bits per heavy atom. The van der Waals surface area contributed by atoms with Gasteiger partial charge in [-0.05, 0) is 18.6 Å². The number of aromatic nitrogens is 2. The van der Waals surface area contributed by atoms with E-state index in [-0.39, 0.29) is 18.4 Å². The van der Waals surface area contributed by atoms with Gasteiger partial charge >= 0.3 is 0 Å². The molecular formula is C14H14N4O2S. The average Bonchev–Trinajstić information content (AvgIpc) is 3.03. The molecule has 0 bridgehead atoms. The Bertz CT molecular complexity index is 682. The van der Waals surface area contributed by atoms with Crippen molar-refractivity contribution in [3.63, 3.8) is 0 Å². The Hall–Kier alpha value is -2.28. The lowest BCUT2D eigenvalue weighted by atomic mass is 10.2. The molecule has 0 aromatic carbocycles. The van der Waals surface area contributed by atoms with E-state index in [0.717, 1.165) is 16.4 Å².